The molecule has 0 saturated carbocycles. The molecule has 108 valence electrons. The number of halogens is 1. The van der Waals surface area contributed by atoms with Crippen LogP contribution in [0.25, 0.3) is 0 Å². The van der Waals surface area contributed by atoms with Crippen molar-refractivity contribution in [3.63, 3.8) is 0 Å². The summed E-state index contributed by atoms with van der Waals surface area (Å²) in [4.78, 5) is 0. The third-order valence-electron chi connectivity index (χ3n) is 2.85. The molecular weight excluding hydrogens is 284 g/mol. The van der Waals surface area contributed by atoms with Gasteiger partial charge in [-0.15, -0.1) is 0 Å². The highest BCUT2D eigenvalue weighted by molar-refractivity contribution is 6.33. The van der Waals surface area contributed by atoms with E-state index in [1.54, 1.807) is 12.1 Å². The van der Waals surface area contributed by atoms with E-state index in [2.05, 4.69) is 11.4 Å². The fraction of sp³-hybridized carbons (Fsp3) is 0.235. The molecule has 2 aromatic rings. The zero-order valence-corrected chi connectivity index (χ0v) is 12.8. The maximum atomic E-state index is 8.82. The second-order valence-corrected chi connectivity index (χ2v) is 5.38. The third kappa shape index (κ3) is 4.40. The Balaban J connectivity index is 2.05. The summed E-state index contributed by atoms with van der Waals surface area (Å²) in [5.74, 6) is 0.857. The summed E-state index contributed by atoms with van der Waals surface area (Å²) in [5, 5.41) is 12.6. The van der Waals surface area contributed by atoms with Crippen molar-refractivity contribution in [1.82, 2.24) is 0 Å². The van der Waals surface area contributed by atoms with Gasteiger partial charge in [0.2, 0.25) is 0 Å². The molecule has 0 spiro atoms. The van der Waals surface area contributed by atoms with E-state index in [-0.39, 0.29) is 6.10 Å². The summed E-state index contributed by atoms with van der Waals surface area (Å²) < 4.78 is 5.67. The van der Waals surface area contributed by atoms with E-state index < -0.39 is 0 Å². The molecule has 0 aromatic heterocycles. The zero-order valence-electron chi connectivity index (χ0n) is 12.1. The van der Waals surface area contributed by atoms with E-state index in [1.165, 1.54) is 0 Å². The number of rotatable bonds is 5. The fourth-order valence-electron chi connectivity index (χ4n) is 1.93. The maximum absolute atomic E-state index is 8.82. The quantitative estimate of drug-likeness (QED) is 0.877. The van der Waals surface area contributed by atoms with Crippen molar-refractivity contribution >= 4 is 17.3 Å². The van der Waals surface area contributed by atoms with Gasteiger partial charge in [0.05, 0.1) is 28.4 Å². The van der Waals surface area contributed by atoms with Gasteiger partial charge in [-0.2, -0.15) is 5.26 Å². The highest BCUT2D eigenvalue weighted by Crippen LogP contribution is 2.24. The Morgan fingerprint density at radius 1 is 1.24 bits per heavy atom. The monoisotopic (exact) mass is 300 g/mol. The Hall–Kier alpha value is -2.18. The van der Waals surface area contributed by atoms with Gasteiger partial charge in [-0.25, -0.2) is 0 Å². The first-order valence-electron chi connectivity index (χ1n) is 6.77. The van der Waals surface area contributed by atoms with Crippen molar-refractivity contribution in [3.8, 4) is 11.8 Å². The molecule has 0 atom stereocenters. The van der Waals surface area contributed by atoms with Crippen molar-refractivity contribution in [3.05, 3.63) is 58.6 Å². The fourth-order valence-corrected chi connectivity index (χ4v) is 2.17. The Morgan fingerprint density at radius 2 is 2.05 bits per heavy atom. The average molecular weight is 301 g/mol. The normalized spacial score (nSPS) is 10.2. The van der Waals surface area contributed by atoms with Crippen LogP contribution in [0.5, 0.6) is 5.75 Å². The van der Waals surface area contributed by atoms with E-state index in [4.69, 9.17) is 21.6 Å². The molecule has 0 heterocycles. The molecule has 0 saturated heterocycles. The van der Waals surface area contributed by atoms with Crippen molar-refractivity contribution in [2.75, 3.05) is 5.32 Å². The number of nitrogens with zero attached hydrogens (tertiary/aromatic N) is 1. The van der Waals surface area contributed by atoms with Gasteiger partial charge < -0.3 is 10.1 Å². The summed E-state index contributed by atoms with van der Waals surface area (Å²) in [5.41, 5.74) is 2.47. The largest absolute Gasteiger partial charge is 0.491 e. The topological polar surface area (TPSA) is 45.0 Å². The first kappa shape index (κ1) is 15.2. The summed E-state index contributed by atoms with van der Waals surface area (Å²) in [6.07, 6.45) is 0.154. The Bertz CT molecular complexity index is 662. The van der Waals surface area contributed by atoms with E-state index in [9.17, 15) is 0 Å². The number of nitriles is 1. The third-order valence-corrected chi connectivity index (χ3v) is 3.16. The molecule has 3 nitrogen and oxygen atoms in total. The first-order chi connectivity index (χ1) is 10.1. The van der Waals surface area contributed by atoms with E-state index in [0.717, 1.165) is 17.0 Å². The number of ether oxygens (including phenoxy) is 1. The number of hydrogen-bond donors (Lipinski definition) is 1. The van der Waals surface area contributed by atoms with Gasteiger partial charge in [-0.05, 0) is 49.7 Å². The van der Waals surface area contributed by atoms with Crippen LogP contribution < -0.4 is 10.1 Å². The van der Waals surface area contributed by atoms with Crippen LogP contribution in [0.3, 0.4) is 0 Å². The minimum atomic E-state index is 0.154. The predicted molar refractivity (Wildman–Crippen MR) is 85.7 cm³/mol. The zero-order chi connectivity index (χ0) is 15.2. The van der Waals surface area contributed by atoms with Gasteiger partial charge in [0.1, 0.15) is 5.75 Å². The second-order valence-electron chi connectivity index (χ2n) is 4.97. The molecule has 1 N–H and O–H groups in total. The van der Waals surface area contributed by atoms with Gasteiger partial charge >= 0.3 is 0 Å². The van der Waals surface area contributed by atoms with E-state index >= 15 is 0 Å². The molecule has 0 aliphatic rings. The van der Waals surface area contributed by atoms with Gasteiger partial charge in [0.25, 0.3) is 0 Å². The lowest BCUT2D eigenvalue weighted by atomic mass is 10.2. The lowest BCUT2D eigenvalue weighted by Gasteiger charge is -2.12. The molecule has 0 aliphatic heterocycles. The summed E-state index contributed by atoms with van der Waals surface area (Å²) in [6.45, 7) is 4.64. The average Bonchev–Trinajstić information content (AvgIpc) is 2.45. The minimum absolute atomic E-state index is 0.154. The van der Waals surface area contributed by atoms with Crippen molar-refractivity contribution in [1.29, 1.82) is 5.26 Å². The standard InChI is InChI=1S/C17H17ClN2O/c1-12(2)21-15-5-3-4-14(8-15)11-20-17-7-6-13(10-19)9-16(17)18/h3-9,12,20H,11H2,1-2H3. The molecule has 2 aromatic carbocycles. The van der Waals surface area contributed by atoms with Gasteiger partial charge in [-0.1, -0.05) is 23.7 Å². The number of anilines is 1. The molecule has 0 amide bonds. The number of hydrogen-bond acceptors (Lipinski definition) is 3. The molecule has 0 unspecified atom stereocenters. The maximum Gasteiger partial charge on any atom is 0.120 e. The Kier molecular flexibility index (Phi) is 5.08. The Labute approximate surface area is 130 Å². The van der Waals surface area contributed by atoms with Crippen molar-refractivity contribution in [2.24, 2.45) is 0 Å². The number of benzene rings is 2. The van der Waals surface area contributed by atoms with Crippen molar-refractivity contribution < 1.29 is 4.74 Å². The minimum Gasteiger partial charge on any atom is -0.491 e. The SMILES string of the molecule is CC(C)Oc1cccc(CNc2ccc(C#N)cc2Cl)c1. The predicted octanol–water partition coefficient (Wildman–Crippen LogP) is 4.61. The first-order valence-corrected chi connectivity index (χ1v) is 7.15. The molecule has 0 aliphatic carbocycles. The van der Waals surface area contributed by atoms with Gasteiger partial charge in [-0.3, -0.25) is 0 Å². The molecular formula is C17H17ClN2O. The summed E-state index contributed by atoms with van der Waals surface area (Å²) in [6, 6.07) is 15.2. The van der Waals surface area contributed by atoms with Crippen LogP contribution in [0.1, 0.15) is 25.0 Å². The molecule has 21 heavy (non-hydrogen) atoms. The van der Waals surface area contributed by atoms with Crippen LogP contribution in [0.4, 0.5) is 5.69 Å². The summed E-state index contributed by atoms with van der Waals surface area (Å²) >= 11 is 6.14. The van der Waals surface area contributed by atoms with E-state index in [1.807, 2.05) is 44.2 Å². The van der Waals surface area contributed by atoms with Gasteiger partial charge in [0, 0.05) is 6.54 Å². The van der Waals surface area contributed by atoms with Crippen LogP contribution in [-0.2, 0) is 6.54 Å². The highest BCUT2D eigenvalue weighted by Gasteiger charge is 2.03. The van der Waals surface area contributed by atoms with Crippen molar-refractivity contribution in [2.45, 2.75) is 26.5 Å². The lowest BCUT2D eigenvalue weighted by Crippen LogP contribution is -2.06. The Morgan fingerprint density at radius 3 is 2.71 bits per heavy atom. The molecule has 0 radical (unpaired) electrons. The van der Waals surface area contributed by atoms with Crippen LogP contribution in [0.15, 0.2) is 42.5 Å². The smallest absolute Gasteiger partial charge is 0.120 e. The number of nitrogens with one attached hydrogen (secondary N) is 1. The molecule has 0 bridgehead atoms. The van der Waals surface area contributed by atoms with Crippen LogP contribution in [-0.4, -0.2) is 6.10 Å². The molecule has 2 rings (SSSR count). The molecule has 0 fully saturated rings. The highest BCUT2D eigenvalue weighted by atomic mass is 35.5. The van der Waals surface area contributed by atoms with E-state index in [0.29, 0.717) is 17.1 Å². The van der Waals surface area contributed by atoms with Crippen LogP contribution in [0.2, 0.25) is 5.02 Å². The van der Waals surface area contributed by atoms with Gasteiger partial charge in [0.15, 0.2) is 0 Å². The lowest BCUT2D eigenvalue weighted by molar-refractivity contribution is 0.242. The van der Waals surface area contributed by atoms with Crippen LogP contribution in [0, 0.1) is 11.3 Å². The summed E-state index contributed by atoms with van der Waals surface area (Å²) in [7, 11) is 0. The van der Waals surface area contributed by atoms with Crippen LogP contribution >= 0.6 is 11.6 Å². The second kappa shape index (κ2) is 7.01. The molecule has 4 heteroatoms.